The minimum atomic E-state index is -0.527. The maximum Gasteiger partial charge on any atom is 0.262 e. The summed E-state index contributed by atoms with van der Waals surface area (Å²) in [5.41, 5.74) is 1.78. The summed E-state index contributed by atoms with van der Waals surface area (Å²) in [6, 6.07) is 14.5. The van der Waals surface area contributed by atoms with Crippen molar-refractivity contribution in [3.63, 3.8) is 0 Å². The number of hydrogen-bond donors (Lipinski definition) is 2. The first-order valence-electron chi connectivity index (χ1n) is 9.96. The molecule has 0 fully saturated rings. The van der Waals surface area contributed by atoms with E-state index in [1.807, 2.05) is 30.3 Å². The van der Waals surface area contributed by atoms with Crippen LogP contribution in [0.5, 0.6) is 0 Å². The van der Waals surface area contributed by atoms with Crippen LogP contribution >= 0.6 is 22.9 Å². The second-order valence-corrected chi connectivity index (χ2v) is 8.71. The summed E-state index contributed by atoms with van der Waals surface area (Å²) in [4.78, 5) is 30.1. The standard InChI is InChI=1S/C23H19ClFN5O2S/c1-14-9-20(29-22(31)17-8-7-16(25)10-18(17)24)33-21(14)23(32)28-19(11-30-13-26-12-27-30)15-5-3-2-4-6-15/h2-10,12-13,19H,11H2,1H3,(H,28,32)(H,29,31). The number of carbonyl (C=O) groups excluding carboxylic acids is 2. The number of rotatable bonds is 7. The first kappa shape index (κ1) is 22.6. The Kier molecular flexibility index (Phi) is 6.81. The van der Waals surface area contributed by atoms with Crippen LogP contribution in [-0.4, -0.2) is 26.6 Å². The Bertz CT molecular complexity index is 1280. The summed E-state index contributed by atoms with van der Waals surface area (Å²) in [6.07, 6.45) is 3.03. The van der Waals surface area contributed by atoms with Gasteiger partial charge in [-0.2, -0.15) is 5.10 Å². The predicted octanol–water partition coefficient (Wildman–Crippen LogP) is 4.86. The molecule has 0 bridgehead atoms. The molecule has 4 aromatic rings. The minimum Gasteiger partial charge on any atom is -0.343 e. The highest BCUT2D eigenvalue weighted by Gasteiger charge is 2.21. The minimum absolute atomic E-state index is 0.0116. The third-order valence-corrected chi connectivity index (χ3v) is 6.34. The fraction of sp³-hybridized carbons (Fsp3) is 0.130. The van der Waals surface area contributed by atoms with Crippen LogP contribution in [0.15, 0.2) is 67.3 Å². The lowest BCUT2D eigenvalue weighted by molar-refractivity contribution is 0.0934. The van der Waals surface area contributed by atoms with Gasteiger partial charge in [0.2, 0.25) is 0 Å². The summed E-state index contributed by atoms with van der Waals surface area (Å²) in [7, 11) is 0. The molecule has 10 heteroatoms. The smallest absolute Gasteiger partial charge is 0.262 e. The molecule has 2 aromatic carbocycles. The topological polar surface area (TPSA) is 88.9 Å². The molecule has 1 unspecified atom stereocenters. The van der Waals surface area contributed by atoms with Gasteiger partial charge in [-0.3, -0.25) is 14.3 Å². The van der Waals surface area contributed by atoms with Gasteiger partial charge in [0, 0.05) is 0 Å². The number of aromatic nitrogens is 3. The van der Waals surface area contributed by atoms with Crippen LogP contribution in [0.4, 0.5) is 9.39 Å². The van der Waals surface area contributed by atoms with Crippen LogP contribution < -0.4 is 10.6 Å². The van der Waals surface area contributed by atoms with E-state index in [1.165, 1.54) is 12.4 Å². The second-order valence-electron chi connectivity index (χ2n) is 7.26. The van der Waals surface area contributed by atoms with E-state index in [0.29, 0.717) is 22.0 Å². The molecule has 168 valence electrons. The molecule has 0 saturated carbocycles. The van der Waals surface area contributed by atoms with Gasteiger partial charge in [-0.1, -0.05) is 41.9 Å². The summed E-state index contributed by atoms with van der Waals surface area (Å²) in [6.45, 7) is 2.20. The Morgan fingerprint density at radius 3 is 2.64 bits per heavy atom. The van der Waals surface area contributed by atoms with Crippen LogP contribution in [0.25, 0.3) is 0 Å². The Hall–Kier alpha value is -3.56. The number of nitrogens with zero attached hydrogens (tertiary/aromatic N) is 3. The Morgan fingerprint density at radius 2 is 1.94 bits per heavy atom. The third-order valence-electron chi connectivity index (χ3n) is 4.88. The Balaban J connectivity index is 1.51. The molecule has 2 amide bonds. The van der Waals surface area contributed by atoms with E-state index in [9.17, 15) is 14.0 Å². The van der Waals surface area contributed by atoms with Crippen molar-refractivity contribution in [2.75, 3.05) is 5.32 Å². The number of thiophene rings is 1. The quantitative estimate of drug-likeness (QED) is 0.392. The van der Waals surface area contributed by atoms with Crippen molar-refractivity contribution in [3.8, 4) is 0 Å². The van der Waals surface area contributed by atoms with E-state index in [1.54, 1.807) is 24.0 Å². The molecule has 0 saturated heterocycles. The lowest BCUT2D eigenvalue weighted by Gasteiger charge is -2.19. The molecule has 7 nitrogen and oxygen atoms in total. The van der Waals surface area contributed by atoms with Crippen molar-refractivity contribution in [2.45, 2.75) is 19.5 Å². The Labute approximate surface area is 198 Å². The first-order chi connectivity index (χ1) is 15.9. The molecule has 0 aliphatic heterocycles. The number of halogens is 2. The maximum atomic E-state index is 13.3. The van der Waals surface area contributed by atoms with Crippen LogP contribution in [0, 0.1) is 12.7 Å². The van der Waals surface area contributed by atoms with Gasteiger partial charge in [0.25, 0.3) is 11.8 Å². The average molecular weight is 484 g/mol. The molecule has 2 heterocycles. The molecule has 2 aromatic heterocycles. The SMILES string of the molecule is Cc1cc(NC(=O)c2ccc(F)cc2Cl)sc1C(=O)NC(Cn1cncn1)c1ccccc1. The van der Waals surface area contributed by atoms with Gasteiger partial charge in [-0.15, -0.1) is 11.3 Å². The van der Waals surface area contributed by atoms with Crippen molar-refractivity contribution in [1.82, 2.24) is 20.1 Å². The zero-order valence-electron chi connectivity index (χ0n) is 17.5. The van der Waals surface area contributed by atoms with Gasteiger partial charge >= 0.3 is 0 Å². The summed E-state index contributed by atoms with van der Waals surface area (Å²) in [5.74, 6) is -1.28. The van der Waals surface area contributed by atoms with Gasteiger partial charge < -0.3 is 10.6 Å². The molecule has 0 aliphatic carbocycles. The van der Waals surface area contributed by atoms with E-state index in [0.717, 1.165) is 29.0 Å². The van der Waals surface area contributed by atoms with Crippen molar-refractivity contribution in [2.24, 2.45) is 0 Å². The second kappa shape index (κ2) is 9.93. The van der Waals surface area contributed by atoms with E-state index >= 15 is 0 Å². The monoisotopic (exact) mass is 483 g/mol. The Morgan fingerprint density at radius 1 is 1.15 bits per heavy atom. The number of aryl methyl sites for hydroxylation is 1. The molecular weight excluding hydrogens is 465 g/mol. The fourth-order valence-corrected chi connectivity index (χ4v) is 4.50. The molecule has 1 atom stereocenters. The normalized spacial score (nSPS) is 11.7. The zero-order valence-corrected chi connectivity index (χ0v) is 19.0. The number of hydrogen-bond acceptors (Lipinski definition) is 5. The summed E-state index contributed by atoms with van der Waals surface area (Å²) in [5, 5.41) is 10.4. The van der Waals surface area contributed by atoms with Gasteiger partial charge in [0.1, 0.15) is 18.5 Å². The van der Waals surface area contributed by atoms with E-state index in [-0.39, 0.29) is 22.5 Å². The van der Waals surface area contributed by atoms with Crippen LogP contribution in [0.3, 0.4) is 0 Å². The number of nitrogens with one attached hydrogen (secondary N) is 2. The van der Waals surface area contributed by atoms with Crippen molar-refractivity contribution in [3.05, 3.63) is 99.7 Å². The maximum absolute atomic E-state index is 13.3. The number of carbonyl (C=O) groups is 2. The van der Waals surface area contributed by atoms with E-state index in [2.05, 4.69) is 20.7 Å². The van der Waals surface area contributed by atoms with Crippen molar-refractivity contribution >= 4 is 39.8 Å². The van der Waals surface area contributed by atoms with Crippen LogP contribution in [0.2, 0.25) is 5.02 Å². The molecule has 0 aliphatic rings. The van der Waals surface area contributed by atoms with Crippen molar-refractivity contribution in [1.29, 1.82) is 0 Å². The number of benzene rings is 2. The molecule has 4 rings (SSSR count). The predicted molar refractivity (Wildman–Crippen MR) is 125 cm³/mol. The largest absolute Gasteiger partial charge is 0.343 e. The highest BCUT2D eigenvalue weighted by molar-refractivity contribution is 7.18. The highest BCUT2D eigenvalue weighted by Crippen LogP contribution is 2.29. The number of anilines is 1. The average Bonchev–Trinajstić information content (AvgIpc) is 3.43. The van der Waals surface area contributed by atoms with Crippen LogP contribution in [-0.2, 0) is 6.54 Å². The molecular formula is C23H19ClFN5O2S. The zero-order chi connectivity index (χ0) is 23.4. The van der Waals surface area contributed by atoms with Gasteiger partial charge in [-0.25, -0.2) is 9.37 Å². The van der Waals surface area contributed by atoms with Gasteiger partial charge in [-0.05, 0) is 42.3 Å². The van der Waals surface area contributed by atoms with Crippen LogP contribution in [0.1, 0.15) is 37.2 Å². The van der Waals surface area contributed by atoms with Gasteiger partial charge in [0.15, 0.2) is 0 Å². The summed E-state index contributed by atoms with van der Waals surface area (Å²) < 4.78 is 14.9. The number of amides is 2. The lowest BCUT2D eigenvalue weighted by Crippen LogP contribution is -2.31. The fourth-order valence-electron chi connectivity index (χ4n) is 3.28. The third kappa shape index (κ3) is 5.44. The van der Waals surface area contributed by atoms with Gasteiger partial charge in [0.05, 0.1) is 33.1 Å². The molecule has 0 radical (unpaired) electrons. The highest BCUT2D eigenvalue weighted by atomic mass is 35.5. The first-order valence-corrected chi connectivity index (χ1v) is 11.1. The molecule has 2 N–H and O–H groups in total. The lowest BCUT2D eigenvalue weighted by atomic mass is 10.1. The molecule has 0 spiro atoms. The molecule has 33 heavy (non-hydrogen) atoms. The van der Waals surface area contributed by atoms with Crippen molar-refractivity contribution < 1.29 is 14.0 Å². The summed E-state index contributed by atoms with van der Waals surface area (Å²) >= 11 is 7.13. The van der Waals surface area contributed by atoms with E-state index in [4.69, 9.17) is 11.6 Å². The van der Waals surface area contributed by atoms with E-state index < -0.39 is 11.7 Å².